The van der Waals surface area contributed by atoms with Crippen molar-refractivity contribution in [3.05, 3.63) is 47.3 Å². The quantitative estimate of drug-likeness (QED) is 0.671. The van der Waals surface area contributed by atoms with Crippen LogP contribution in [0.1, 0.15) is 54.8 Å². The summed E-state index contributed by atoms with van der Waals surface area (Å²) in [6.07, 6.45) is 3.09. The molecule has 0 aliphatic rings. The van der Waals surface area contributed by atoms with Crippen LogP contribution in [0.15, 0.2) is 35.0 Å². The molecule has 136 valence electrons. The van der Waals surface area contributed by atoms with Crippen LogP contribution in [-0.4, -0.2) is 21.4 Å². The van der Waals surface area contributed by atoms with Gasteiger partial charge in [-0.2, -0.15) is 0 Å². The molecule has 1 amide bonds. The van der Waals surface area contributed by atoms with Crippen molar-refractivity contribution in [2.45, 2.75) is 46.6 Å². The molecule has 1 unspecified atom stereocenters. The Morgan fingerprint density at radius 3 is 2.62 bits per heavy atom. The molecule has 1 N–H and O–H groups in total. The maximum absolute atomic E-state index is 12.9. The Balaban J connectivity index is 1.98. The smallest absolute Gasteiger partial charge is 0.249 e. The van der Waals surface area contributed by atoms with Crippen molar-refractivity contribution in [1.82, 2.24) is 9.72 Å². The lowest BCUT2D eigenvalue weighted by Gasteiger charge is -2.17. The number of carbonyl (C=O) groups is 2. The van der Waals surface area contributed by atoms with Crippen LogP contribution in [0.4, 0.5) is 5.88 Å². The van der Waals surface area contributed by atoms with Gasteiger partial charge in [0.1, 0.15) is 6.04 Å². The Hall–Kier alpha value is -2.89. The van der Waals surface area contributed by atoms with Gasteiger partial charge in [0.2, 0.25) is 11.8 Å². The van der Waals surface area contributed by atoms with Gasteiger partial charge in [0.05, 0.1) is 5.69 Å². The Morgan fingerprint density at radius 1 is 1.27 bits per heavy atom. The van der Waals surface area contributed by atoms with E-state index in [1.807, 2.05) is 49.6 Å². The number of aryl methyl sites for hydroxylation is 1. The number of para-hydroxylation sites is 1. The van der Waals surface area contributed by atoms with Crippen LogP contribution >= 0.6 is 0 Å². The molecule has 3 aromatic rings. The number of Topliss-reactive ketones (excluding diaryl/α,β-unsaturated/α-hetero) is 1. The van der Waals surface area contributed by atoms with Gasteiger partial charge in [0.25, 0.3) is 0 Å². The maximum Gasteiger partial charge on any atom is 0.249 e. The largest absolute Gasteiger partial charge is 0.338 e. The molecular weight excluding hydrogens is 330 g/mol. The van der Waals surface area contributed by atoms with Crippen molar-refractivity contribution in [2.24, 2.45) is 0 Å². The monoisotopic (exact) mass is 353 g/mol. The number of ketones is 1. The molecule has 1 aromatic carbocycles. The highest BCUT2D eigenvalue weighted by Crippen LogP contribution is 2.28. The van der Waals surface area contributed by atoms with Crippen LogP contribution in [0.25, 0.3) is 10.9 Å². The number of anilines is 1. The summed E-state index contributed by atoms with van der Waals surface area (Å²) in [7, 11) is 0. The second kappa shape index (κ2) is 7.15. The van der Waals surface area contributed by atoms with Crippen LogP contribution in [0.2, 0.25) is 0 Å². The van der Waals surface area contributed by atoms with Gasteiger partial charge >= 0.3 is 0 Å². The van der Waals surface area contributed by atoms with Crippen LogP contribution in [-0.2, 0) is 11.2 Å². The zero-order valence-electron chi connectivity index (χ0n) is 15.5. The molecule has 0 spiro atoms. The zero-order valence-corrected chi connectivity index (χ0v) is 15.5. The molecule has 0 fully saturated rings. The number of nitrogens with one attached hydrogen (secondary N) is 1. The number of nitrogens with zero attached hydrogens (tertiary/aromatic N) is 2. The molecule has 0 aliphatic carbocycles. The van der Waals surface area contributed by atoms with E-state index in [1.54, 1.807) is 6.20 Å². The third kappa shape index (κ3) is 3.03. The van der Waals surface area contributed by atoms with Gasteiger partial charge in [-0.15, -0.1) is 0 Å². The average molecular weight is 353 g/mol. The standard InChI is InChI=1S/C20H23N3O3/c1-5-16-12(3)20(26-22-16)21-19(25)17(6-2)23-11-15(13(4)24)14-9-7-8-10-18(14)23/h7-11,17H,5-6H2,1-4H3,(H,21,25). The highest BCUT2D eigenvalue weighted by Gasteiger charge is 2.24. The number of aromatic nitrogens is 2. The van der Waals surface area contributed by atoms with E-state index in [4.69, 9.17) is 4.52 Å². The van der Waals surface area contributed by atoms with Crippen molar-refractivity contribution in [2.75, 3.05) is 5.32 Å². The Morgan fingerprint density at radius 2 is 2.00 bits per heavy atom. The Labute approximate surface area is 152 Å². The summed E-state index contributed by atoms with van der Waals surface area (Å²) in [4.78, 5) is 24.9. The molecule has 3 rings (SSSR count). The van der Waals surface area contributed by atoms with E-state index in [0.29, 0.717) is 17.9 Å². The van der Waals surface area contributed by atoms with Crippen molar-refractivity contribution in [3.8, 4) is 0 Å². The predicted octanol–water partition coefficient (Wildman–Crippen LogP) is 4.29. The summed E-state index contributed by atoms with van der Waals surface area (Å²) in [6.45, 7) is 7.35. The van der Waals surface area contributed by atoms with Crippen molar-refractivity contribution in [3.63, 3.8) is 0 Å². The number of carbonyl (C=O) groups excluding carboxylic acids is 2. The predicted molar refractivity (Wildman–Crippen MR) is 101 cm³/mol. The van der Waals surface area contributed by atoms with E-state index in [2.05, 4.69) is 10.5 Å². The highest BCUT2D eigenvalue weighted by molar-refractivity contribution is 6.07. The first-order chi connectivity index (χ1) is 12.5. The van der Waals surface area contributed by atoms with Gasteiger partial charge in [0.15, 0.2) is 5.78 Å². The Kier molecular flexibility index (Phi) is 4.93. The first-order valence-electron chi connectivity index (χ1n) is 8.84. The van der Waals surface area contributed by atoms with Gasteiger partial charge in [-0.3, -0.25) is 14.9 Å². The van der Waals surface area contributed by atoms with E-state index in [1.165, 1.54) is 6.92 Å². The molecule has 2 aromatic heterocycles. The van der Waals surface area contributed by atoms with Crippen LogP contribution in [0, 0.1) is 6.92 Å². The maximum atomic E-state index is 12.9. The molecule has 0 saturated carbocycles. The summed E-state index contributed by atoms with van der Waals surface area (Å²) in [5, 5.41) is 7.68. The second-order valence-corrected chi connectivity index (χ2v) is 6.37. The minimum atomic E-state index is -0.456. The minimum absolute atomic E-state index is 0.0196. The average Bonchev–Trinajstić information content (AvgIpc) is 3.17. The molecule has 0 bridgehead atoms. The number of rotatable bonds is 6. The van der Waals surface area contributed by atoms with E-state index in [0.717, 1.165) is 28.6 Å². The van der Waals surface area contributed by atoms with E-state index in [9.17, 15) is 9.59 Å². The van der Waals surface area contributed by atoms with Gasteiger partial charge in [0, 0.05) is 28.2 Å². The third-order valence-corrected chi connectivity index (χ3v) is 4.74. The van der Waals surface area contributed by atoms with E-state index < -0.39 is 6.04 Å². The third-order valence-electron chi connectivity index (χ3n) is 4.74. The van der Waals surface area contributed by atoms with Gasteiger partial charge < -0.3 is 9.09 Å². The molecule has 1 atom stereocenters. The van der Waals surface area contributed by atoms with Crippen molar-refractivity contribution < 1.29 is 14.1 Å². The van der Waals surface area contributed by atoms with Gasteiger partial charge in [-0.1, -0.05) is 37.2 Å². The molecule has 6 nitrogen and oxygen atoms in total. The number of amides is 1. The van der Waals surface area contributed by atoms with Crippen molar-refractivity contribution >= 4 is 28.5 Å². The summed E-state index contributed by atoms with van der Waals surface area (Å²) >= 11 is 0. The number of hydrogen-bond donors (Lipinski definition) is 1. The van der Waals surface area contributed by atoms with Crippen LogP contribution in [0.3, 0.4) is 0 Å². The Bertz CT molecular complexity index is 968. The lowest BCUT2D eigenvalue weighted by molar-refractivity contribution is -0.119. The van der Waals surface area contributed by atoms with Crippen molar-refractivity contribution in [1.29, 1.82) is 0 Å². The fourth-order valence-corrected chi connectivity index (χ4v) is 3.26. The summed E-state index contributed by atoms with van der Waals surface area (Å²) in [6, 6.07) is 7.17. The molecule has 0 aliphatic heterocycles. The van der Waals surface area contributed by atoms with Crippen LogP contribution < -0.4 is 5.32 Å². The summed E-state index contributed by atoms with van der Waals surface area (Å²) < 4.78 is 7.14. The number of benzene rings is 1. The molecule has 2 heterocycles. The molecule has 0 saturated heterocycles. The topological polar surface area (TPSA) is 77.1 Å². The van der Waals surface area contributed by atoms with E-state index >= 15 is 0 Å². The lowest BCUT2D eigenvalue weighted by Crippen LogP contribution is -2.25. The lowest BCUT2D eigenvalue weighted by atomic mass is 10.1. The first-order valence-corrected chi connectivity index (χ1v) is 8.84. The SMILES string of the molecule is CCc1noc(NC(=O)C(CC)n2cc(C(C)=O)c3ccccc32)c1C. The molecule has 0 radical (unpaired) electrons. The first kappa shape index (κ1) is 17.9. The highest BCUT2D eigenvalue weighted by atomic mass is 16.5. The summed E-state index contributed by atoms with van der Waals surface area (Å²) in [5.41, 5.74) is 3.16. The normalized spacial score (nSPS) is 12.3. The minimum Gasteiger partial charge on any atom is -0.338 e. The van der Waals surface area contributed by atoms with Crippen LogP contribution in [0.5, 0.6) is 0 Å². The summed E-state index contributed by atoms with van der Waals surface area (Å²) in [5.74, 6) is 0.174. The molecular formula is C20H23N3O3. The van der Waals surface area contributed by atoms with E-state index in [-0.39, 0.29) is 11.7 Å². The molecule has 26 heavy (non-hydrogen) atoms. The fraction of sp³-hybridized carbons (Fsp3) is 0.350. The number of hydrogen-bond acceptors (Lipinski definition) is 4. The number of fused-ring (bicyclic) bond motifs is 1. The van der Waals surface area contributed by atoms with Gasteiger partial charge in [-0.05, 0) is 32.8 Å². The van der Waals surface area contributed by atoms with Gasteiger partial charge in [-0.25, -0.2) is 0 Å². The fourth-order valence-electron chi connectivity index (χ4n) is 3.26. The molecule has 6 heteroatoms. The zero-order chi connectivity index (χ0) is 18.8. The second-order valence-electron chi connectivity index (χ2n) is 6.37.